The van der Waals surface area contributed by atoms with Crippen LogP contribution >= 0.6 is 27.7 Å². The normalized spacial score (nSPS) is 23.8. The molecule has 0 radical (unpaired) electrons. The Balaban J connectivity index is 2.14. The van der Waals surface area contributed by atoms with Crippen molar-refractivity contribution in [1.29, 1.82) is 0 Å². The Labute approximate surface area is 131 Å². The van der Waals surface area contributed by atoms with Gasteiger partial charge in [-0.2, -0.15) is 11.8 Å². The van der Waals surface area contributed by atoms with Crippen molar-refractivity contribution in [2.75, 3.05) is 6.26 Å². The maximum absolute atomic E-state index is 13.8. The summed E-state index contributed by atoms with van der Waals surface area (Å²) in [6, 6.07) is 3.88. The molecule has 20 heavy (non-hydrogen) atoms. The third-order valence-corrected chi connectivity index (χ3v) is 6.61. The second kappa shape index (κ2) is 6.77. The summed E-state index contributed by atoms with van der Waals surface area (Å²) >= 11 is 4.88. The van der Waals surface area contributed by atoms with Crippen molar-refractivity contribution in [3.63, 3.8) is 0 Å². The van der Waals surface area contributed by atoms with Gasteiger partial charge in [-0.1, -0.05) is 22.4 Å². The van der Waals surface area contributed by atoms with Crippen LogP contribution in [0.3, 0.4) is 0 Å². The zero-order valence-corrected chi connectivity index (χ0v) is 14.3. The molecular formula is C13H17BrFNO2S2. The number of hydrogen-bond acceptors (Lipinski definition) is 3. The first-order chi connectivity index (χ1) is 9.42. The van der Waals surface area contributed by atoms with Gasteiger partial charge >= 0.3 is 0 Å². The SMILES string of the molecule is CSC1CCCC(NS(=O)(=O)c2ccc(Br)cc2F)C1. The number of nitrogens with one attached hydrogen (secondary N) is 1. The van der Waals surface area contributed by atoms with Gasteiger partial charge in [0, 0.05) is 15.8 Å². The predicted molar refractivity (Wildman–Crippen MR) is 84.0 cm³/mol. The van der Waals surface area contributed by atoms with E-state index in [1.54, 1.807) is 11.8 Å². The summed E-state index contributed by atoms with van der Waals surface area (Å²) in [5.74, 6) is -0.732. The minimum atomic E-state index is -3.79. The van der Waals surface area contributed by atoms with E-state index in [4.69, 9.17) is 0 Å². The molecule has 112 valence electrons. The maximum Gasteiger partial charge on any atom is 0.243 e. The Morgan fingerprint density at radius 2 is 2.15 bits per heavy atom. The maximum atomic E-state index is 13.8. The van der Waals surface area contributed by atoms with Gasteiger partial charge in [0.1, 0.15) is 10.7 Å². The summed E-state index contributed by atoms with van der Waals surface area (Å²) in [5, 5.41) is 0.478. The van der Waals surface area contributed by atoms with Gasteiger partial charge in [-0.3, -0.25) is 0 Å². The highest BCUT2D eigenvalue weighted by atomic mass is 79.9. The number of sulfonamides is 1. The zero-order valence-electron chi connectivity index (χ0n) is 11.1. The molecule has 0 heterocycles. The molecule has 2 unspecified atom stereocenters. The second-order valence-electron chi connectivity index (χ2n) is 4.92. The van der Waals surface area contributed by atoms with Gasteiger partial charge in [0.15, 0.2) is 0 Å². The van der Waals surface area contributed by atoms with Crippen molar-refractivity contribution < 1.29 is 12.8 Å². The Hall–Kier alpha value is -0.110. The van der Waals surface area contributed by atoms with Crippen LogP contribution in [0.2, 0.25) is 0 Å². The fourth-order valence-electron chi connectivity index (χ4n) is 2.44. The van der Waals surface area contributed by atoms with Gasteiger partial charge in [-0.25, -0.2) is 17.5 Å². The molecule has 0 aromatic heterocycles. The van der Waals surface area contributed by atoms with Gasteiger partial charge in [0.05, 0.1) is 0 Å². The quantitative estimate of drug-likeness (QED) is 0.867. The Morgan fingerprint density at radius 1 is 1.40 bits per heavy atom. The molecule has 3 nitrogen and oxygen atoms in total. The Bertz CT molecular complexity index is 580. The molecule has 1 fully saturated rings. The number of thioether (sulfide) groups is 1. The van der Waals surface area contributed by atoms with Crippen molar-refractivity contribution in [2.24, 2.45) is 0 Å². The lowest BCUT2D eigenvalue weighted by Crippen LogP contribution is -2.39. The van der Waals surface area contributed by atoms with Crippen molar-refractivity contribution in [2.45, 2.75) is 41.9 Å². The van der Waals surface area contributed by atoms with E-state index in [1.807, 2.05) is 6.26 Å². The molecule has 1 aliphatic rings. The number of halogens is 2. The van der Waals surface area contributed by atoms with E-state index in [9.17, 15) is 12.8 Å². The second-order valence-corrected chi connectivity index (χ2v) is 8.65. The van der Waals surface area contributed by atoms with Gasteiger partial charge in [0.2, 0.25) is 10.0 Å². The average Bonchev–Trinajstić information content (AvgIpc) is 2.37. The summed E-state index contributed by atoms with van der Waals surface area (Å²) in [6.07, 6.45) is 5.77. The number of hydrogen-bond donors (Lipinski definition) is 1. The van der Waals surface area contributed by atoms with Crippen LogP contribution in [0, 0.1) is 5.82 Å². The molecule has 0 bridgehead atoms. The lowest BCUT2D eigenvalue weighted by atomic mass is 9.96. The molecule has 1 aromatic rings. The molecule has 1 saturated carbocycles. The van der Waals surface area contributed by atoms with Crippen LogP contribution in [0.1, 0.15) is 25.7 Å². The smallest absolute Gasteiger partial charge is 0.208 e. The molecule has 0 amide bonds. The van der Waals surface area contributed by atoms with Crippen LogP contribution in [-0.2, 0) is 10.0 Å². The third kappa shape index (κ3) is 3.96. The minimum Gasteiger partial charge on any atom is -0.208 e. The van der Waals surface area contributed by atoms with Crippen LogP contribution in [0.5, 0.6) is 0 Å². The van der Waals surface area contributed by atoms with Crippen molar-refractivity contribution in [1.82, 2.24) is 4.72 Å². The zero-order chi connectivity index (χ0) is 14.8. The van der Waals surface area contributed by atoms with E-state index in [2.05, 4.69) is 20.7 Å². The lowest BCUT2D eigenvalue weighted by molar-refractivity contribution is 0.419. The van der Waals surface area contributed by atoms with Crippen molar-refractivity contribution >= 4 is 37.7 Å². The fourth-order valence-corrected chi connectivity index (χ4v) is 4.95. The average molecular weight is 382 g/mol. The molecule has 0 saturated heterocycles. The first kappa shape index (κ1) is 16.3. The van der Waals surface area contributed by atoms with Gasteiger partial charge in [-0.15, -0.1) is 0 Å². The van der Waals surface area contributed by atoms with Gasteiger partial charge in [-0.05, 0) is 43.7 Å². The predicted octanol–water partition coefficient (Wildman–Crippen LogP) is 3.54. The van der Waals surface area contributed by atoms with Crippen LogP contribution in [0.25, 0.3) is 0 Å². The summed E-state index contributed by atoms with van der Waals surface area (Å²) < 4.78 is 41.5. The van der Waals surface area contributed by atoms with Crippen LogP contribution < -0.4 is 4.72 Å². The Morgan fingerprint density at radius 3 is 2.80 bits per heavy atom. The molecule has 0 aliphatic heterocycles. The molecule has 2 atom stereocenters. The monoisotopic (exact) mass is 381 g/mol. The highest BCUT2D eigenvalue weighted by molar-refractivity contribution is 9.10. The number of benzene rings is 1. The highest BCUT2D eigenvalue weighted by Crippen LogP contribution is 2.28. The summed E-state index contributed by atoms with van der Waals surface area (Å²) in [5.41, 5.74) is 0. The molecular weight excluding hydrogens is 365 g/mol. The van der Waals surface area contributed by atoms with E-state index < -0.39 is 15.8 Å². The minimum absolute atomic E-state index is 0.103. The van der Waals surface area contributed by atoms with E-state index in [1.165, 1.54) is 18.2 Å². The van der Waals surface area contributed by atoms with E-state index in [0.717, 1.165) is 25.7 Å². The highest BCUT2D eigenvalue weighted by Gasteiger charge is 2.27. The fraction of sp³-hybridized carbons (Fsp3) is 0.538. The van der Waals surface area contributed by atoms with E-state index in [0.29, 0.717) is 9.72 Å². The molecule has 7 heteroatoms. The number of rotatable bonds is 4. The van der Waals surface area contributed by atoms with Crippen LogP contribution in [0.15, 0.2) is 27.6 Å². The largest absolute Gasteiger partial charge is 0.243 e. The van der Waals surface area contributed by atoms with Crippen LogP contribution in [-0.4, -0.2) is 26.0 Å². The first-order valence-corrected chi connectivity index (χ1v) is 9.99. The summed E-state index contributed by atoms with van der Waals surface area (Å²) in [7, 11) is -3.79. The van der Waals surface area contributed by atoms with E-state index >= 15 is 0 Å². The van der Waals surface area contributed by atoms with Gasteiger partial charge in [0.25, 0.3) is 0 Å². The molecule has 0 spiro atoms. The summed E-state index contributed by atoms with van der Waals surface area (Å²) in [6.45, 7) is 0. The Kier molecular flexibility index (Phi) is 5.50. The van der Waals surface area contributed by atoms with Crippen LogP contribution in [0.4, 0.5) is 4.39 Å². The molecule has 2 rings (SSSR count). The topological polar surface area (TPSA) is 46.2 Å². The molecule has 1 aliphatic carbocycles. The van der Waals surface area contributed by atoms with Crippen molar-refractivity contribution in [3.8, 4) is 0 Å². The third-order valence-electron chi connectivity index (χ3n) is 3.46. The lowest BCUT2D eigenvalue weighted by Gasteiger charge is -2.28. The molecule has 1 N–H and O–H groups in total. The molecule has 1 aromatic carbocycles. The van der Waals surface area contributed by atoms with Gasteiger partial charge < -0.3 is 0 Å². The van der Waals surface area contributed by atoms with E-state index in [-0.39, 0.29) is 10.9 Å². The first-order valence-electron chi connectivity index (χ1n) is 6.42. The van der Waals surface area contributed by atoms with Crippen molar-refractivity contribution in [3.05, 3.63) is 28.5 Å². The summed E-state index contributed by atoms with van der Waals surface area (Å²) in [4.78, 5) is -0.285. The standard InChI is InChI=1S/C13H17BrFNO2S2/c1-19-11-4-2-3-10(8-11)16-20(17,18)13-6-5-9(14)7-12(13)15/h5-7,10-11,16H,2-4,8H2,1H3.